The van der Waals surface area contributed by atoms with Gasteiger partial charge in [-0.15, -0.1) is 0 Å². The lowest BCUT2D eigenvalue weighted by molar-refractivity contribution is -0.137. The lowest BCUT2D eigenvalue weighted by atomic mass is 9.94. The van der Waals surface area contributed by atoms with Gasteiger partial charge in [-0.3, -0.25) is 9.59 Å². The van der Waals surface area contributed by atoms with Crippen molar-refractivity contribution >= 4 is 34.8 Å². The number of nitrogens with zero attached hydrogens (tertiary/aromatic N) is 2. The number of anilines is 1. The first kappa shape index (κ1) is 17.5. The molecule has 1 saturated heterocycles. The van der Waals surface area contributed by atoms with Crippen molar-refractivity contribution < 1.29 is 27.6 Å². The maximum Gasteiger partial charge on any atom is 0.416 e. The maximum atomic E-state index is 13.0. The van der Waals surface area contributed by atoms with Gasteiger partial charge in [-0.05, 0) is 30.3 Å². The van der Waals surface area contributed by atoms with Crippen molar-refractivity contribution in [3.63, 3.8) is 0 Å². The van der Waals surface area contributed by atoms with E-state index in [1.54, 1.807) is 24.3 Å². The van der Waals surface area contributed by atoms with E-state index in [0.717, 1.165) is 23.1 Å². The Morgan fingerprint density at radius 1 is 1.04 bits per heavy atom. The Morgan fingerprint density at radius 2 is 1.74 bits per heavy atom. The quantitative estimate of drug-likeness (QED) is 0.730. The highest BCUT2D eigenvalue weighted by Crippen LogP contribution is 2.37. The molecule has 138 valence electrons. The van der Waals surface area contributed by atoms with Crippen LogP contribution in [-0.4, -0.2) is 23.6 Å². The van der Waals surface area contributed by atoms with E-state index in [1.165, 1.54) is 6.07 Å². The molecule has 2 aliphatic heterocycles. The highest BCUT2D eigenvalue weighted by Gasteiger charge is 2.56. The van der Waals surface area contributed by atoms with Crippen molar-refractivity contribution in [2.45, 2.75) is 12.3 Å². The summed E-state index contributed by atoms with van der Waals surface area (Å²) in [4.78, 5) is 31.3. The zero-order chi connectivity index (χ0) is 19.3. The van der Waals surface area contributed by atoms with Crippen LogP contribution in [-0.2, 0) is 20.6 Å². The minimum absolute atomic E-state index is 0.159. The third kappa shape index (κ3) is 2.86. The Bertz CT molecular complexity index is 973. The molecule has 0 saturated carbocycles. The van der Waals surface area contributed by atoms with Gasteiger partial charge in [0, 0.05) is 10.6 Å². The van der Waals surface area contributed by atoms with Gasteiger partial charge in [-0.1, -0.05) is 35.0 Å². The molecule has 0 spiro atoms. The Kier molecular flexibility index (Phi) is 3.96. The molecule has 2 aromatic rings. The number of hydrogen-bond acceptors (Lipinski definition) is 4. The normalized spacial score (nSPS) is 21.9. The van der Waals surface area contributed by atoms with Crippen LogP contribution >= 0.6 is 11.6 Å². The van der Waals surface area contributed by atoms with Crippen molar-refractivity contribution in [2.24, 2.45) is 11.1 Å². The number of halogens is 4. The van der Waals surface area contributed by atoms with Crippen LogP contribution in [0, 0.1) is 5.92 Å². The smallest absolute Gasteiger partial charge is 0.381 e. The van der Waals surface area contributed by atoms with Crippen LogP contribution < -0.4 is 4.90 Å². The molecule has 1 fully saturated rings. The molecule has 4 rings (SSSR count). The summed E-state index contributed by atoms with van der Waals surface area (Å²) < 4.78 is 38.9. The molecule has 2 aromatic carbocycles. The van der Waals surface area contributed by atoms with Crippen LogP contribution in [0.3, 0.4) is 0 Å². The Morgan fingerprint density at radius 3 is 2.41 bits per heavy atom. The van der Waals surface area contributed by atoms with Crippen LogP contribution in [0.1, 0.15) is 11.1 Å². The van der Waals surface area contributed by atoms with Crippen molar-refractivity contribution in [3.05, 3.63) is 64.7 Å². The van der Waals surface area contributed by atoms with Crippen molar-refractivity contribution in [1.82, 2.24) is 0 Å². The number of amides is 2. The first-order chi connectivity index (χ1) is 12.8. The highest BCUT2D eigenvalue weighted by molar-refractivity contribution is 6.33. The van der Waals surface area contributed by atoms with Gasteiger partial charge in [-0.2, -0.15) is 13.2 Å². The lowest BCUT2D eigenvalue weighted by Crippen LogP contribution is -2.33. The Labute approximate surface area is 156 Å². The fourth-order valence-electron chi connectivity index (χ4n) is 3.11. The molecule has 2 aliphatic rings. The van der Waals surface area contributed by atoms with E-state index in [-0.39, 0.29) is 11.4 Å². The lowest BCUT2D eigenvalue weighted by Gasteiger charge is -2.17. The molecular formula is C18H10ClF3N2O3. The predicted molar refractivity (Wildman–Crippen MR) is 90.3 cm³/mol. The van der Waals surface area contributed by atoms with E-state index in [2.05, 4.69) is 5.16 Å². The molecule has 2 amide bonds. The number of carbonyl (C=O) groups excluding carboxylic acids is 2. The van der Waals surface area contributed by atoms with E-state index in [9.17, 15) is 22.8 Å². The predicted octanol–water partition coefficient (Wildman–Crippen LogP) is 3.65. The van der Waals surface area contributed by atoms with E-state index in [4.69, 9.17) is 16.4 Å². The van der Waals surface area contributed by atoms with Crippen LogP contribution in [0.4, 0.5) is 18.9 Å². The third-order valence-corrected chi connectivity index (χ3v) is 4.64. The monoisotopic (exact) mass is 394 g/mol. The summed E-state index contributed by atoms with van der Waals surface area (Å²) in [6.45, 7) is 0. The van der Waals surface area contributed by atoms with Gasteiger partial charge >= 0.3 is 6.18 Å². The largest absolute Gasteiger partial charge is 0.416 e. The maximum absolute atomic E-state index is 13.0. The van der Waals surface area contributed by atoms with Gasteiger partial charge in [0.2, 0.25) is 12.0 Å². The fraction of sp³-hybridized carbons (Fsp3) is 0.167. The number of benzene rings is 2. The van der Waals surface area contributed by atoms with Crippen LogP contribution in [0.15, 0.2) is 53.7 Å². The molecule has 0 unspecified atom stereocenters. The third-order valence-electron chi connectivity index (χ3n) is 4.38. The van der Waals surface area contributed by atoms with Gasteiger partial charge in [0.05, 0.1) is 11.3 Å². The molecule has 2 atom stereocenters. The number of alkyl halides is 3. The summed E-state index contributed by atoms with van der Waals surface area (Å²) >= 11 is 5.84. The van der Waals surface area contributed by atoms with Gasteiger partial charge in [0.1, 0.15) is 11.6 Å². The standard InChI is InChI=1S/C18H10ClF3N2O3/c19-11-6-4-9(5-7-11)14-13-15(27-23-14)17(26)24(16(13)25)12-3-1-2-10(8-12)18(20,21)22/h1-8,13,15H/t13-,15+/m0/s1. The van der Waals surface area contributed by atoms with E-state index in [1.807, 2.05) is 0 Å². The first-order valence-electron chi connectivity index (χ1n) is 7.82. The number of imide groups is 1. The molecule has 2 heterocycles. The zero-order valence-electron chi connectivity index (χ0n) is 13.4. The van der Waals surface area contributed by atoms with Gasteiger partial charge in [0.25, 0.3) is 5.91 Å². The molecule has 27 heavy (non-hydrogen) atoms. The summed E-state index contributed by atoms with van der Waals surface area (Å²) in [5.41, 5.74) is -0.332. The second kappa shape index (κ2) is 6.09. The summed E-state index contributed by atoms with van der Waals surface area (Å²) in [6.07, 6.45) is -5.79. The number of carbonyl (C=O) groups is 2. The van der Waals surface area contributed by atoms with Gasteiger partial charge in [0.15, 0.2) is 0 Å². The second-order valence-corrected chi connectivity index (χ2v) is 6.48. The summed E-state index contributed by atoms with van der Waals surface area (Å²) in [5.74, 6) is -2.46. The average molecular weight is 395 g/mol. The van der Waals surface area contributed by atoms with Crippen molar-refractivity contribution in [2.75, 3.05) is 4.90 Å². The van der Waals surface area contributed by atoms with Crippen LogP contribution in [0.5, 0.6) is 0 Å². The first-order valence-corrected chi connectivity index (χ1v) is 8.20. The minimum Gasteiger partial charge on any atom is -0.381 e. The van der Waals surface area contributed by atoms with E-state index < -0.39 is 35.6 Å². The molecular weight excluding hydrogens is 385 g/mol. The zero-order valence-corrected chi connectivity index (χ0v) is 14.2. The van der Waals surface area contributed by atoms with E-state index in [0.29, 0.717) is 10.6 Å². The number of fused-ring (bicyclic) bond motifs is 1. The Balaban J connectivity index is 1.69. The van der Waals surface area contributed by atoms with Gasteiger partial charge in [-0.25, -0.2) is 4.90 Å². The number of hydrogen-bond donors (Lipinski definition) is 0. The van der Waals surface area contributed by atoms with Crippen LogP contribution in [0.25, 0.3) is 0 Å². The summed E-state index contributed by atoms with van der Waals surface area (Å²) in [6, 6.07) is 10.5. The number of oxime groups is 1. The second-order valence-electron chi connectivity index (χ2n) is 6.05. The summed E-state index contributed by atoms with van der Waals surface area (Å²) in [5, 5.41) is 4.31. The van der Waals surface area contributed by atoms with E-state index >= 15 is 0 Å². The molecule has 9 heteroatoms. The van der Waals surface area contributed by atoms with Gasteiger partial charge < -0.3 is 4.84 Å². The topological polar surface area (TPSA) is 59.0 Å². The van der Waals surface area contributed by atoms with Crippen LogP contribution in [0.2, 0.25) is 5.02 Å². The molecule has 0 bridgehead atoms. The van der Waals surface area contributed by atoms with Crippen molar-refractivity contribution in [3.8, 4) is 0 Å². The molecule has 0 radical (unpaired) electrons. The average Bonchev–Trinajstić information content (AvgIpc) is 3.16. The molecule has 5 nitrogen and oxygen atoms in total. The Hall–Kier alpha value is -2.87. The highest BCUT2D eigenvalue weighted by atomic mass is 35.5. The molecule has 0 N–H and O–H groups in total. The number of rotatable bonds is 2. The van der Waals surface area contributed by atoms with Crippen molar-refractivity contribution in [1.29, 1.82) is 0 Å². The summed E-state index contributed by atoms with van der Waals surface area (Å²) in [7, 11) is 0. The molecule has 0 aliphatic carbocycles. The SMILES string of the molecule is O=C1[C@H]2C(c3ccc(Cl)cc3)=NO[C@H]2C(=O)N1c1cccc(C(F)(F)F)c1. The minimum atomic E-state index is -4.59. The fourth-order valence-corrected chi connectivity index (χ4v) is 3.24. The molecule has 0 aromatic heterocycles.